The number of fused-ring (bicyclic) bond motifs is 1. The zero-order valence-corrected chi connectivity index (χ0v) is 13.4. The van der Waals surface area contributed by atoms with Gasteiger partial charge >= 0.3 is 5.97 Å². The number of hydrogen-bond donors (Lipinski definition) is 0. The zero-order chi connectivity index (χ0) is 15.9. The van der Waals surface area contributed by atoms with E-state index in [9.17, 15) is 9.59 Å². The average molecular weight is 356 g/mol. The van der Waals surface area contributed by atoms with Gasteiger partial charge in [-0.2, -0.15) is 0 Å². The first-order valence-electron chi connectivity index (χ1n) is 5.93. The number of nitrogens with zero attached hydrogens (tertiary/aromatic N) is 3. The third-order valence-corrected chi connectivity index (χ3v) is 4.20. The summed E-state index contributed by atoms with van der Waals surface area (Å²) in [7, 11) is 1.24. The number of methoxy groups -OCH3 is 1. The molecule has 0 radical (unpaired) electrons. The molecule has 0 fully saturated rings. The van der Waals surface area contributed by atoms with Crippen LogP contribution in [0.3, 0.4) is 0 Å². The van der Waals surface area contributed by atoms with Crippen molar-refractivity contribution in [2.75, 3.05) is 7.11 Å². The van der Waals surface area contributed by atoms with Gasteiger partial charge in [0.05, 0.1) is 7.11 Å². The fourth-order valence-corrected chi connectivity index (χ4v) is 3.31. The second-order valence-electron chi connectivity index (χ2n) is 4.24. The highest BCUT2D eigenvalue weighted by atomic mass is 35.5. The molecule has 0 N–H and O–H groups in total. The molecule has 0 atom stereocenters. The van der Waals surface area contributed by atoms with E-state index in [4.69, 9.17) is 23.2 Å². The van der Waals surface area contributed by atoms with Crippen LogP contribution in [0.25, 0.3) is 16.3 Å². The molecule has 1 aromatic carbocycles. The first kappa shape index (κ1) is 15.0. The summed E-state index contributed by atoms with van der Waals surface area (Å²) in [6.45, 7) is 0. The molecule has 2 aromatic heterocycles. The monoisotopic (exact) mass is 355 g/mol. The lowest BCUT2D eigenvalue weighted by atomic mass is 10.2. The highest BCUT2D eigenvalue weighted by Gasteiger charge is 2.16. The minimum atomic E-state index is -0.597. The van der Waals surface area contributed by atoms with E-state index in [1.54, 1.807) is 18.2 Å². The van der Waals surface area contributed by atoms with E-state index in [0.29, 0.717) is 21.4 Å². The molecule has 0 bridgehead atoms. The Morgan fingerprint density at radius 1 is 1.18 bits per heavy atom. The van der Waals surface area contributed by atoms with Crippen LogP contribution in [0.5, 0.6) is 0 Å². The molecule has 2 heterocycles. The van der Waals surface area contributed by atoms with E-state index in [0.717, 1.165) is 11.3 Å². The van der Waals surface area contributed by atoms with Crippen LogP contribution >= 0.6 is 34.5 Å². The number of rotatable bonds is 2. The van der Waals surface area contributed by atoms with Crippen LogP contribution < -0.4 is 5.56 Å². The lowest BCUT2D eigenvalue weighted by Crippen LogP contribution is -2.14. The van der Waals surface area contributed by atoms with Gasteiger partial charge < -0.3 is 4.74 Å². The summed E-state index contributed by atoms with van der Waals surface area (Å²) in [5.74, 6) is -0.294. The topological polar surface area (TPSA) is 73.6 Å². The van der Waals surface area contributed by atoms with E-state index in [1.165, 1.54) is 17.6 Å². The Kier molecular flexibility index (Phi) is 3.86. The Bertz CT molecular complexity index is 931. The molecule has 0 aliphatic heterocycles. The number of esters is 1. The van der Waals surface area contributed by atoms with Crippen molar-refractivity contribution in [1.29, 1.82) is 0 Å². The van der Waals surface area contributed by atoms with Crippen molar-refractivity contribution >= 4 is 45.5 Å². The fourth-order valence-electron chi connectivity index (χ4n) is 1.91. The minimum absolute atomic E-state index is 0.156. The minimum Gasteiger partial charge on any atom is -0.465 e. The quantitative estimate of drug-likeness (QED) is 0.660. The van der Waals surface area contributed by atoms with Crippen LogP contribution in [0.15, 0.2) is 29.1 Å². The molecule has 0 saturated heterocycles. The first-order valence-corrected chi connectivity index (χ1v) is 7.51. The van der Waals surface area contributed by atoms with Crippen molar-refractivity contribution in [2.45, 2.75) is 0 Å². The van der Waals surface area contributed by atoms with Gasteiger partial charge in [0.25, 0.3) is 5.56 Å². The summed E-state index contributed by atoms with van der Waals surface area (Å²) in [5, 5.41) is 8.76. The van der Waals surface area contributed by atoms with Crippen LogP contribution in [0.2, 0.25) is 10.0 Å². The SMILES string of the molecule is COC(=O)c1cc(=O)n2c(-c3cc(Cl)cc(Cl)c3)nnc2s1. The lowest BCUT2D eigenvalue weighted by Gasteiger charge is -2.02. The molecule has 0 unspecified atom stereocenters. The van der Waals surface area contributed by atoms with Crippen molar-refractivity contribution in [1.82, 2.24) is 14.6 Å². The predicted octanol–water partition coefficient (Wildman–Crippen LogP) is 2.91. The molecule has 0 aliphatic carbocycles. The summed E-state index contributed by atoms with van der Waals surface area (Å²) in [5.41, 5.74) is 0.116. The Labute approximate surface area is 137 Å². The summed E-state index contributed by atoms with van der Waals surface area (Å²) in [6.07, 6.45) is 0. The molecule has 3 aromatic rings. The van der Waals surface area contributed by atoms with Gasteiger partial charge in [0.1, 0.15) is 4.88 Å². The Hall–Kier alpha value is -1.96. The average Bonchev–Trinajstić information content (AvgIpc) is 2.89. The van der Waals surface area contributed by atoms with Gasteiger partial charge in [-0.25, -0.2) is 9.20 Å². The van der Waals surface area contributed by atoms with Gasteiger partial charge in [0.2, 0.25) is 4.96 Å². The van der Waals surface area contributed by atoms with Gasteiger partial charge in [0, 0.05) is 21.7 Å². The van der Waals surface area contributed by atoms with Crippen molar-refractivity contribution in [3.05, 3.63) is 49.5 Å². The molecule has 0 aliphatic rings. The lowest BCUT2D eigenvalue weighted by molar-refractivity contribution is 0.0606. The Morgan fingerprint density at radius 2 is 1.86 bits per heavy atom. The number of aromatic nitrogens is 3. The van der Waals surface area contributed by atoms with Gasteiger partial charge in [0.15, 0.2) is 5.82 Å². The van der Waals surface area contributed by atoms with E-state index < -0.39 is 11.5 Å². The fraction of sp³-hybridized carbons (Fsp3) is 0.0769. The van der Waals surface area contributed by atoms with E-state index in [1.807, 2.05) is 0 Å². The highest BCUT2D eigenvalue weighted by molar-refractivity contribution is 7.18. The maximum atomic E-state index is 12.3. The van der Waals surface area contributed by atoms with Crippen molar-refractivity contribution < 1.29 is 9.53 Å². The van der Waals surface area contributed by atoms with Crippen molar-refractivity contribution in [3.8, 4) is 11.4 Å². The molecule has 0 saturated carbocycles. The summed E-state index contributed by atoms with van der Waals surface area (Å²) in [4.78, 5) is 24.2. The molecular weight excluding hydrogens is 349 g/mol. The second kappa shape index (κ2) is 5.68. The van der Waals surface area contributed by atoms with Crippen LogP contribution in [-0.4, -0.2) is 27.7 Å². The predicted molar refractivity (Wildman–Crippen MR) is 83.9 cm³/mol. The molecular formula is C13H7Cl2N3O3S. The Balaban J connectivity index is 2.25. The van der Waals surface area contributed by atoms with Crippen LogP contribution in [0.4, 0.5) is 0 Å². The third kappa shape index (κ3) is 2.58. The molecule has 112 valence electrons. The molecule has 3 rings (SSSR count). The number of hydrogen-bond acceptors (Lipinski definition) is 6. The molecule has 9 heteroatoms. The van der Waals surface area contributed by atoms with E-state index >= 15 is 0 Å². The van der Waals surface area contributed by atoms with Crippen LogP contribution in [0.1, 0.15) is 9.67 Å². The number of carbonyl (C=O) groups is 1. The van der Waals surface area contributed by atoms with Crippen molar-refractivity contribution in [2.24, 2.45) is 0 Å². The number of benzene rings is 1. The first-order chi connectivity index (χ1) is 10.5. The smallest absolute Gasteiger partial charge is 0.348 e. The standard InChI is InChI=1S/C13H7Cl2N3O3S/c1-21-12(20)9-5-10(19)18-11(16-17-13(18)22-9)6-2-7(14)4-8(15)3-6/h2-5H,1H3. The summed E-state index contributed by atoms with van der Waals surface area (Å²) < 4.78 is 5.89. The summed E-state index contributed by atoms with van der Waals surface area (Å²) >= 11 is 12.9. The van der Waals surface area contributed by atoms with E-state index in [-0.39, 0.29) is 9.84 Å². The van der Waals surface area contributed by atoms with Gasteiger partial charge in [-0.05, 0) is 18.2 Å². The zero-order valence-electron chi connectivity index (χ0n) is 11.0. The molecule has 0 amide bonds. The van der Waals surface area contributed by atoms with Crippen molar-refractivity contribution in [3.63, 3.8) is 0 Å². The second-order valence-corrected chi connectivity index (χ2v) is 6.12. The maximum Gasteiger partial charge on any atom is 0.348 e. The molecule has 0 spiro atoms. The molecule has 22 heavy (non-hydrogen) atoms. The Morgan fingerprint density at radius 3 is 2.50 bits per heavy atom. The highest BCUT2D eigenvalue weighted by Crippen LogP contribution is 2.26. The maximum absolute atomic E-state index is 12.3. The largest absolute Gasteiger partial charge is 0.465 e. The normalized spacial score (nSPS) is 10.9. The van der Waals surface area contributed by atoms with Gasteiger partial charge in [-0.15, -0.1) is 10.2 Å². The number of halogens is 2. The summed E-state index contributed by atoms with van der Waals surface area (Å²) in [6, 6.07) is 6.01. The third-order valence-electron chi connectivity index (χ3n) is 2.82. The number of ether oxygens (including phenoxy) is 1. The van der Waals surface area contributed by atoms with E-state index in [2.05, 4.69) is 14.9 Å². The van der Waals surface area contributed by atoms with Gasteiger partial charge in [-0.1, -0.05) is 34.5 Å². The van der Waals surface area contributed by atoms with Gasteiger partial charge in [-0.3, -0.25) is 4.79 Å². The van der Waals surface area contributed by atoms with Crippen LogP contribution in [-0.2, 0) is 4.74 Å². The molecule has 6 nitrogen and oxygen atoms in total. The number of carbonyl (C=O) groups excluding carboxylic acids is 1. The van der Waals surface area contributed by atoms with Crippen LogP contribution in [0, 0.1) is 0 Å².